The van der Waals surface area contributed by atoms with Crippen molar-refractivity contribution >= 4 is 36.6 Å². The van der Waals surface area contributed by atoms with Crippen molar-refractivity contribution in [3.05, 3.63) is 9.39 Å². The SMILES string of the molecule is CCOC(=O)c1nnn(C[Si](C)(C)C)c1I. The number of halogens is 1. The first-order chi connectivity index (χ1) is 7.35. The molecule has 0 aromatic carbocycles. The maximum Gasteiger partial charge on any atom is 0.361 e. The number of carbonyl (C=O) groups is 1. The lowest BCUT2D eigenvalue weighted by atomic mass is 10.5. The molecule has 5 nitrogen and oxygen atoms in total. The third-order valence-electron chi connectivity index (χ3n) is 1.77. The largest absolute Gasteiger partial charge is 0.461 e. The molecule has 0 radical (unpaired) electrons. The Kier molecular flexibility index (Phi) is 4.48. The zero-order valence-corrected chi connectivity index (χ0v) is 13.1. The second kappa shape index (κ2) is 5.26. The van der Waals surface area contributed by atoms with E-state index in [0.717, 1.165) is 9.87 Å². The molecule has 0 bridgehead atoms. The van der Waals surface area contributed by atoms with Gasteiger partial charge >= 0.3 is 5.97 Å². The second-order valence-corrected chi connectivity index (χ2v) is 11.1. The number of carbonyl (C=O) groups excluding carboxylic acids is 1. The van der Waals surface area contributed by atoms with Gasteiger partial charge in [0.05, 0.1) is 14.7 Å². The molecule has 1 rings (SSSR count). The average Bonchev–Trinajstić information content (AvgIpc) is 2.46. The summed E-state index contributed by atoms with van der Waals surface area (Å²) >= 11 is 2.09. The molecule has 0 spiro atoms. The minimum Gasteiger partial charge on any atom is -0.461 e. The van der Waals surface area contributed by atoms with Crippen molar-refractivity contribution in [3.63, 3.8) is 0 Å². The quantitative estimate of drug-likeness (QED) is 0.472. The third kappa shape index (κ3) is 3.54. The minimum atomic E-state index is -1.27. The third-order valence-corrected chi connectivity index (χ3v) is 4.08. The molecule has 1 aromatic rings. The van der Waals surface area contributed by atoms with E-state index in [9.17, 15) is 4.79 Å². The molecule has 7 heteroatoms. The van der Waals surface area contributed by atoms with E-state index in [1.54, 1.807) is 11.6 Å². The maximum atomic E-state index is 11.5. The smallest absolute Gasteiger partial charge is 0.361 e. The zero-order chi connectivity index (χ0) is 12.3. The summed E-state index contributed by atoms with van der Waals surface area (Å²) in [6.45, 7) is 8.87. The van der Waals surface area contributed by atoms with Crippen LogP contribution in [0.5, 0.6) is 0 Å². The van der Waals surface area contributed by atoms with Crippen LogP contribution in [0.2, 0.25) is 19.6 Å². The first kappa shape index (κ1) is 13.6. The fourth-order valence-corrected chi connectivity index (χ4v) is 3.21. The summed E-state index contributed by atoms with van der Waals surface area (Å²) < 4.78 is 7.46. The van der Waals surface area contributed by atoms with Crippen LogP contribution in [0.15, 0.2) is 0 Å². The van der Waals surface area contributed by atoms with E-state index >= 15 is 0 Å². The zero-order valence-electron chi connectivity index (χ0n) is 9.95. The Morgan fingerprint density at radius 1 is 1.50 bits per heavy atom. The first-order valence-electron chi connectivity index (χ1n) is 5.11. The number of hydrogen-bond acceptors (Lipinski definition) is 4. The highest BCUT2D eigenvalue weighted by atomic mass is 127. The van der Waals surface area contributed by atoms with Crippen molar-refractivity contribution in [3.8, 4) is 0 Å². The standard InChI is InChI=1S/C9H16IN3O2Si/c1-5-15-9(14)7-8(10)13(12-11-7)6-16(2,3)4/h5-6H2,1-4H3. The van der Waals surface area contributed by atoms with Crippen LogP contribution in [0.3, 0.4) is 0 Å². The molecular formula is C9H16IN3O2Si. The second-order valence-electron chi connectivity index (χ2n) is 4.67. The van der Waals surface area contributed by atoms with Gasteiger partial charge in [-0.25, -0.2) is 9.48 Å². The number of ether oxygens (including phenoxy) is 1. The molecule has 1 aromatic heterocycles. The molecule has 16 heavy (non-hydrogen) atoms. The van der Waals surface area contributed by atoms with Crippen molar-refractivity contribution in [2.24, 2.45) is 0 Å². The van der Waals surface area contributed by atoms with Gasteiger partial charge in [0.1, 0.15) is 3.70 Å². The van der Waals surface area contributed by atoms with Crippen molar-refractivity contribution < 1.29 is 9.53 Å². The summed E-state index contributed by atoms with van der Waals surface area (Å²) in [5.41, 5.74) is 0.320. The summed E-state index contributed by atoms with van der Waals surface area (Å²) in [6, 6.07) is 0. The van der Waals surface area contributed by atoms with E-state index in [2.05, 4.69) is 52.5 Å². The van der Waals surface area contributed by atoms with Gasteiger partial charge in [-0.05, 0) is 29.5 Å². The predicted molar refractivity (Wildman–Crippen MR) is 72.0 cm³/mol. The van der Waals surface area contributed by atoms with Gasteiger partial charge in [0.2, 0.25) is 5.69 Å². The van der Waals surface area contributed by atoms with Gasteiger partial charge in [0.25, 0.3) is 0 Å². The van der Waals surface area contributed by atoms with Gasteiger partial charge in [0, 0.05) is 6.17 Å². The van der Waals surface area contributed by atoms with Crippen molar-refractivity contribution in [1.29, 1.82) is 0 Å². The Bertz CT molecular complexity index is 387. The monoisotopic (exact) mass is 353 g/mol. The molecule has 1 heterocycles. The Balaban J connectivity index is 2.88. The molecule has 0 fully saturated rings. The Hall–Kier alpha value is -0.443. The molecule has 0 atom stereocenters. The highest BCUT2D eigenvalue weighted by molar-refractivity contribution is 14.1. The van der Waals surface area contributed by atoms with Crippen LogP contribution in [0.25, 0.3) is 0 Å². The lowest BCUT2D eigenvalue weighted by Crippen LogP contribution is -2.29. The van der Waals surface area contributed by atoms with Crippen molar-refractivity contribution in [2.75, 3.05) is 6.61 Å². The number of hydrogen-bond donors (Lipinski definition) is 0. The van der Waals surface area contributed by atoms with E-state index in [1.165, 1.54) is 0 Å². The summed E-state index contributed by atoms with van der Waals surface area (Å²) in [5.74, 6) is -0.395. The van der Waals surface area contributed by atoms with E-state index in [4.69, 9.17) is 4.74 Å². The Morgan fingerprint density at radius 2 is 2.12 bits per heavy atom. The van der Waals surface area contributed by atoms with Gasteiger partial charge < -0.3 is 4.74 Å². The molecule has 0 saturated heterocycles. The molecule has 0 aliphatic rings. The van der Waals surface area contributed by atoms with Crippen LogP contribution in [0.4, 0.5) is 0 Å². The molecule has 0 N–H and O–H groups in total. The van der Waals surface area contributed by atoms with Crippen LogP contribution >= 0.6 is 22.6 Å². The molecule has 0 amide bonds. The van der Waals surface area contributed by atoms with Crippen LogP contribution in [0, 0.1) is 3.70 Å². The van der Waals surface area contributed by atoms with Crippen molar-refractivity contribution in [2.45, 2.75) is 32.7 Å². The van der Waals surface area contributed by atoms with Gasteiger partial charge in [-0.3, -0.25) is 0 Å². The molecule has 0 aliphatic heterocycles. The van der Waals surface area contributed by atoms with Gasteiger partial charge in [-0.15, -0.1) is 5.10 Å². The Labute approximate surface area is 110 Å². The van der Waals surface area contributed by atoms with E-state index in [0.29, 0.717) is 12.3 Å². The molecule has 0 unspecified atom stereocenters. The fraction of sp³-hybridized carbons (Fsp3) is 0.667. The molecular weight excluding hydrogens is 337 g/mol. The van der Waals surface area contributed by atoms with Gasteiger partial charge in [-0.2, -0.15) is 0 Å². The first-order valence-corrected chi connectivity index (χ1v) is 9.90. The highest BCUT2D eigenvalue weighted by Crippen LogP contribution is 2.13. The number of aromatic nitrogens is 3. The topological polar surface area (TPSA) is 57.0 Å². The van der Waals surface area contributed by atoms with E-state index in [1.807, 2.05) is 0 Å². The average molecular weight is 353 g/mol. The summed E-state index contributed by atoms with van der Waals surface area (Å²) in [4.78, 5) is 11.5. The summed E-state index contributed by atoms with van der Waals surface area (Å²) in [7, 11) is -1.27. The lowest BCUT2D eigenvalue weighted by Gasteiger charge is -2.15. The highest BCUT2D eigenvalue weighted by Gasteiger charge is 2.22. The van der Waals surface area contributed by atoms with Gasteiger partial charge in [-0.1, -0.05) is 24.9 Å². The summed E-state index contributed by atoms with van der Waals surface area (Å²) in [5, 5.41) is 7.87. The maximum absolute atomic E-state index is 11.5. The van der Waals surface area contributed by atoms with E-state index in [-0.39, 0.29) is 0 Å². The lowest BCUT2D eigenvalue weighted by molar-refractivity contribution is 0.0518. The van der Waals surface area contributed by atoms with E-state index < -0.39 is 14.0 Å². The number of rotatable bonds is 4. The van der Waals surface area contributed by atoms with Crippen LogP contribution < -0.4 is 0 Å². The van der Waals surface area contributed by atoms with Crippen LogP contribution in [0.1, 0.15) is 17.4 Å². The fourth-order valence-electron chi connectivity index (χ4n) is 1.18. The number of esters is 1. The Morgan fingerprint density at radius 3 is 2.62 bits per heavy atom. The normalized spacial score (nSPS) is 11.6. The van der Waals surface area contributed by atoms with Crippen molar-refractivity contribution in [1.82, 2.24) is 15.0 Å². The molecule has 0 aliphatic carbocycles. The number of nitrogens with zero attached hydrogens (tertiary/aromatic N) is 3. The summed E-state index contributed by atoms with van der Waals surface area (Å²) in [6.07, 6.45) is 0.859. The van der Waals surface area contributed by atoms with Gasteiger partial charge in [0.15, 0.2) is 0 Å². The minimum absolute atomic E-state index is 0.320. The van der Waals surface area contributed by atoms with Crippen LogP contribution in [-0.2, 0) is 10.9 Å². The molecule has 90 valence electrons. The molecule has 0 saturated carbocycles. The van der Waals surface area contributed by atoms with Crippen LogP contribution in [-0.4, -0.2) is 35.6 Å². The predicted octanol–water partition coefficient (Wildman–Crippen LogP) is 1.94.